The van der Waals surface area contributed by atoms with Crippen LogP contribution in [-0.4, -0.2) is 36.4 Å². The first kappa shape index (κ1) is 70.8. The van der Waals surface area contributed by atoms with E-state index >= 15 is 0 Å². The maximum Gasteiger partial charge on any atom is 0.306 e. The molecule has 0 spiro atoms. The number of carbonyl (C=O) groups excluding carboxylic acids is 2. The van der Waals surface area contributed by atoms with Crippen LogP contribution < -0.4 is 0 Å². The summed E-state index contributed by atoms with van der Waals surface area (Å²) in [5.41, 5.74) is 0. The number of hydrogen-bond acceptors (Lipinski definition) is 5. The van der Waals surface area contributed by atoms with Crippen LogP contribution in [0.25, 0.3) is 0 Å². The zero-order chi connectivity index (χ0) is 53.4. The minimum atomic E-state index is -0.780. The third kappa shape index (κ3) is 61.4. The van der Waals surface area contributed by atoms with Gasteiger partial charge in [-0.2, -0.15) is 0 Å². The molecule has 1 unspecified atom stereocenters. The molecular formula is C69H120O5. The van der Waals surface area contributed by atoms with E-state index < -0.39 is 6.10 Å². The SMILES string of the molecule is CC/C=C\C/C=C\C/C=C\C/C=C\C/C=C\C/C=C\CCCCCCCCCCCCC(=O)OC(CO)COC(=O)CCCCCCCCCCCCCCCCCCCCC/C=C\C/C=C\CCCCCCC. The number of hydrogen-bond donors (Lipinski definition) is 1. The van der Waals surface area contributed by atoms with Crippen LogP contribution in [0.1, 0.15) is 309 Å². The van der Waals surface area contributed by atoms with Crippen molar-refractivity contribution >= 4 is 11.9 Å². The first-order valence-corrected chi connectivity index (χ1v) is 31.8. The van der Waals surface area contributed by atoms with E-state index in [9.17, 15) is 14.7 Å². The van der Waals surface area contributed by atoms with Crippen molar-refractivity contribution in [1.82, 2.24) is 0 Å². The van der Waals surface area contributed by atoms with E-state index in [4.69, 9.17) is 9.47 Å². The van der Waals surface area contributed by atoms with Crippen LogP contribution >= 0.6 is 0 Å². The molecule has 0 aromatic heterocycles. The van der Waals surface area contributed by atoms with Crippen LogP contribution in [0.5, 0.6) is 0 Å². The highest BCUT2D eigenvalue weighted by Crippen LogP contribution is 2.17. The van der Waals surface area contributed by atoms with Gasteiger partial charge in [-0.05, 0) is 96.3 Å². The maximum absolute atomic E-state index is 12.3. The number of esters is 2. The lowest BCUT2D eigenvalue weighted by Crippen LogP contribution is -2.28. The molecule has 0 aliphatic rings. The van der Waals surface area contributed by atoms with Gasteiger partial charge in [-0.3, -0.25) is 9.59 Å². The maximum atomic E-state index is 12.3. The quantitative estimate of drug-likeness (QED) is 0.0373. The normalized spacial score (nSPS) is 12.9. The molecule has 0 aromatic carbocycles. The van der Waals surface area contributed by atoms with Crippen LogP contribution in [0.4, 0.5) is 0 Å². The van der Waals surface area contributed by atoms with Gasteiger partial charge in [0.2, 0.25) is 0 Å². The molecule has 0 bridgehead atoms. The Morgan fingerprint density at radius 3 is 0.878 bits per heavy atom. The van der Waals surface area contributed by atoms with Gasteiger partial charge in [-0.25, -0.2) is 0 Å². The van der Waals surface area contributed by atoms with Gasteiger partial charge in [0.1, 0.15) is 6.61 Å². The van der Waals surface area contributed by atoms with Crippen molar-refractivity contribution < 1.29 is 24.2 Å². The third-order valence-electron chi connectivity index (χ3n) is 13.9. The molecule has 1 atom stereocenters. The summed E-state index contributed by atoms with van der Waals surface area (Å²) < 4.78 is 10.7. The lowest BCUT2D eigenvalue weighted by Gasteiger charge is -2.15. The van der Waals surface area contributed by atoms with E-state index in [1.54, 1.807) is 0 Å². The highest BCUT2D eigenvalue weighted by atomic mass is 16.6. The summed E-state index contributed by atoms with van der Waals surface area (Å²) >= 11 is 0. The van der Waals surface area contributed by atoms with Crippen molar-refractivity contribution in [2.45, 2.75) is 315 Å². The molecule has 0 aliphatic carbocycles. The van der Waals surface area contributed by atoms with Crippen LogP contribution in [0.15, 0.2) is 97.2 Å². The molecule has 5 nitrogen and oxygen atoms in total. The molecule has 74 heavy (non-hydrogen) atoms. The van der Waals surface area contributed by atoms with Crippen LogP contribution in [0.2, 0.25) is 0 Å². The number of ether oxygens (including phenoxy) is 2. The Balaban J connectivity index is 3.48. The number of carbonyl (C=O) groups is 2. The molecule has 0 amide bonds. The molecule has 1 N–H and O–H groups in total. The average molecular weight is 1030 g/mol. The van der Waals surface area contributed by atoms with Crippen molar-refractivity contribution in [2.75, 3.05) is 13.2 Å². The van der Waals surface area contributed by atoms with Gasteiger partial charge >= 0.3 is 11.9 Å². The summed E-state index contributed by atoms with van der Waals surface area (Å²) in [6, 6.07) is 0. The predicted molar refractivity (Wildman–Crippen MR) is 325 cm³/mol. The highest BCUT2D eigenvalue weighted by Gasteiger charge is 2.16. The van der Waals surface area contributed by atoms with E-state index in [0.717, 1.165) is 83.5 Å². The first-order chi connectivity index (χ1) is 36.6. The van der Waals surface area contributed by atoms with Crippen molar-refractivity contribution in [2.24, 2.45) is 0 Å². The topological polar surface area (TPSA) is 72.8 Å². The lowest BCUT2D eigenvalue weighted by atomic mass is 10.0. The Hall–Kier alpha value is -3.18. The second-order valence-corrected chi connectivity index (χ2v) is 21.1. The molecule has 0 rings (SSSR count). The summed E-state index contributed by atoms with van der Waals surface area (Å²) in [6.45, 7) is 4.04. The third-order valence-corrected chi connectivity index (χ3v) is 13.9. The number of unbranched alkanes of at least 4 members (excludes halogenated alkanes) is 34. The lowest BCUT2D eigenvalue weighted by molar-refractivity contribution is -0.161. The predicted octanol–water partition coefficient (Wildman–Crippen LogP) is 21.9. The van der Waals surface area contributed by atoms with Gasteiger partial charge < -0.3 is 14.6 Å². The second-order valence-electron chi connectivity index (χ2n) is 21.1. The molecule has 0 aliphatic heterocycles. The molecule has 426 valence electrons. The van der Waals surface area contributed by atoms with Gasteiger partial charge in [-0.1, -0.05) is 297 Å². The summed E-state index contributed by atoms with van der Waals surface area (Å²) in [7, 11) is 0. The monoisotopic (exact) mass is 1030 g/mol. The molecule has 0 fully saturated rings. The number of aliphatic hydroxyl groups is 1. The summed E-state index contributed by atoms with van der Waals surface area (Å²) in [4.78, 5) is 24.6. The van der Waals surface area contributed by atoms with E-state index in [2.05, 4.69) is 111 Å². The van der Waals surface area contributed by atoms with Crippen molar-refractivity contribution in [1.29, 1.82) is 0 Å². The fourth-order valence-corrected chi connectivity index (χ4v) is 9.12. The fraction of sp³-hybridized carbons (Fsp3) is 0.739. The fourth-order valence-electron chi connectivity index (χ4n) is 9.12. The molecule has 0 heterocycles. The van der Waals surface area contributed by atoms with Gasteiger partial charge in [0, 0.05) is 12.8 Å². The van der Waals surface area contributed by atoms with Gasteiger partial charge in [-0.15, -0.1) is 0 Å². The standard InChI is InChI=1S/C69H120O5/c1-3-5-7-9-11-13-15-17-19-21-23-25-27-29-31-33-34-36-37-39-41-43-45-47-49-51-53-55-57-59-61-63-68(71)73-66-67(65-70)74-69(72)64-62-60-58-56-54-52-50-48-46-44-42-40-38-35-32-30-28-26-24-22-20-18-16-14-12-10-8-6-4-2/h6,8,12,14-15,17-18,20-21,23-24,26,30,32,38,40,67,70H,3-5,7,9-11,13,16,19,22,25,27-29,31,33-37,39,41-66H2,1-2H3/b8-6-,14-12-,17-15-,20-18-,23-21-,26-24-,32-30-,40-38-. The van der Waals surface area contributed by atoms with Gasteiger partial charge in [0.25, 0.3) is 0 Å². The smallest absolute Gasteiger partial charge is 0.306 e. The molecule has 0 radical (unpaired) electrons. The minimum absolute atomic E-state index is 0.0690. The average Bonchev–Trinajstić information content (AvgIpc) is 3.40. The van der Waals surface area contributed by atoms with E-state index in [1.165, 1.54) is 199 Å². The van der Waals surface area contributed by atoms with Crippen LogP contribution in [0, 0.1) is 0 Å². The number of allylic oxidation sites excluding steroid dienone is 16. The molecule has 5 heteroatoms. The van der Waals surface area contributed by atoms with Gasteiger partial charge in [0.15, 0.2) is 6.10 Å². The Bertz CT molecular complexity index is 1400. The second kappa shape index (κ2) is 64.1. The molecular weight excluding hydrogens is 909 g/mol. The van der Waals surface area contributed by atoms with Crippen molar-refractivity contribution in [3.8, 4) is 0 Å². The summed E-state index contributed by atoms with van der Waals surface area (Å²) in [5, 5.41) is 9.68. The Labute approximate surface area is 459 Å². The zero-order valence-corrected chi connectivity index (χ0v) is 48.8. The van der Waals surface area contributed by atoms with E-state index in [0.29, 0.717) is 12.8 Å². The van der Waals surface area contributed by atoms with E-state index in [1.807, 2.05) is 0 Å². The Morgan fingerprint density at radius 1 is 0.324 bits per heavy atom. The largest absolute Gasteiger partial charge is 0.462 e. The van der Waals surface area contributed by atoms with Crippen LogP contribution in [-0.2, 0) is 19.1 Å². The molecule has 0 saturated carbocycles. The summed E-state index contributed by atoms with van der Waals surface area (Å²) in [6.07, 6.45) is 91.2. The summed E-state index contributed by atoms with van der Waals surface area (Å²) in [5.74, 6) is -0.588. The minimum Gasteiger partial charge on any atom is -0.462 e. The number of rotatable bonds is 58. The van der Waals surface area contributed by atoms with Crippen molar-refractivity contribution in [3.63, 3.8) is 0 Å². The van der Waals surface area contributed by atoms with E-state index in [-0.39, 0.29) is 25.2 Å². The Morgan fingerprint density at radius 2 is 0.581 bits per heavy atom. The molecule has 0 aromatic rings. The van der Waals surface area contributed by atoms with Crippen molar-refractivity contribution in [3.05, 3.63) is 97.2 Å². The highest BCUT2D eigenvalue weighted by molar-refractivity contribution is 5.70. The first-order valence-electron chi connectivity index (χ1n) is 31.8. The Kier molecular flexibility index (Phi) is 61.4. The number of aliphatic hydroxyl groups excluding tert-OH is 1. The zero-order valence-electron chi connectivity index (χ0n) is 48.8. The molecule has 0 saturated heterocycles. The van der Waals surface area contributed by atoms with Crippen LogP contribution in [0.3, 0.4) is 0 Å². The van der Waals surface area contributed by atoms with Gasteiger partial charge in [0.05, 0.1) is 6.61 Å².